The molecule has 1 fully saturated rings. The number of hydrogen-bond acceptors (Lipinski definition) is 5. The summed E-state index contributed by atoms with van der Waals surface area (Å²) in [5.74, 6) is 0.638. The van der Waals surface area contributed by atoms with Gasteiger partial charge in [0.05, 0.1) is 12.3 Å². The predicted molar refractivity (Wildman–Crippen MR) is 77.3 cm³/mol. The number of fused-ring (bicyclic) bond motifs is 4. The molecule has 0 aromatic carbocycles. The minimum Gasteiger partial charge on any atom is -0.394 e. The fraction of sp³-hybridized carbons (Fsp3) is 0.571. The van der Waals surface area contributed by atoms with Crippen molar-refractivity contribution in [3.8, 4) is 0 Å². The Morgan fingerprint density at radius 3 is 3.15 bits per heavy atom. The zero-order chi connectivity index (χ0) is 14.3. The number of aliphatic hydroxyl groups excluding tert-OH is 1. The van der Waals surface area contributed by atoms with E-state index in [-0.39, 0.29) is 18.6 Å². The molecule has 1 saturated heterocycles. The van der Waals surface area contributed by atoms with Crippen LogP contribution in [0.15, 0.2) is 12.1 Å². The number of rotatable bonds is 3. The molecule has 2 unspecified atom stereocenters. The van der Waals surface area contributed by atoms with E-state index in [2.05, 4.69) is 20.1 Å². The first-order valence-electron chi connectivity index (χ1n) is 7.00. The third kappa shape index (κ3) is 2.10. The van der Waals surface area contributed by atoms with Gasteiger partial charge < -0.3 is 20.2 Å². The fourth-order valence-electron chi connectivity index (χ4n) is 2.87. The van der Waals surface area contributed by atoms with Gasteiger partial charge in [-0.15, -0.1) is 0 Å². The number of carbonyl (C=O) groups excluding carboxylic acids is 1. The Hall–Kier alpha value is -1.82. The number of hydrogen-bond donors (Lipinski definition) is 2. The number of aliphatic hydroxyl groups is 1. The van der Waals surface area contributed by atoms with Crippen LogP contribution in [0, 0.1) is 0 Å². The second-order valence-electron chi connectivity index (χ2n) is 5.60. The van der Waals surface area contributed by atoms with Gasteiger partial charge >= 0.3 is 0 Å². The lowest BCUT2D eigenvalue weighted by atomic mass is 10.2. The normalized spacial score (nSPS) is 21.6. The smallest absolute Gasteiger partial charge is 0.270 e. The quantitative estimate of drug-likeness (QED) is 0.826. The van der Waals surface area contributed by atoms with Crippen LogP contribution in [0.1, 0.15) is 23.8 Å². The van der Waals surface area contributed by atoms with Crippen molar-refractivity contribution in [2.24, 2.45) is 0 Å². The summed E-state index contributed by atoms with van der Waals surface area (Å²) in [7, 11) is 2.04. The molecular formula is C14H20N4O2. The standard InChI is InChI=1S/C14H20N4O2/c1-9(8-19)15-14(20)11-3-4-12-13(16-11)17(2)10-5-6-18(12)7-10/h3-4,9-10,19H,5-8H2,1-2H3,(H,15,20). The molecule has 0 radical (unpaired) electrons. The van der Waals surface area contributed by atoms with Crippen molar-refractivity contribution >= 4 is 17.4 Å². The molecule has 6 heteroatoms. The monoisotopic (exact) mass is 276 g/mol. The molecule has 1 aromatic rings. The molecule has 1 amide bonds. The van der Waals surface area contributed by atoms with Crippen LogP contribution in [-0.4, -0.2) is 54.8 Å². The molecule has 2 aliphatic rings. The maximum atomic E-state index is 12.1. The number of amides is 1. The molecule has 108 valence electrons. The van der Waals surface area contributed by atoms with Gasteiger partial charge in [-0.05, 0) is 25.5 Å². The Kier molecular flexibility index (Phi) is 3.25. The Labute approximate surface area is 118 Å². The first-order chi connectivity index (χ1) is 9.60. The molecule has 1 aromatic heterocycles. The fourth-order valence-corrected chi connectivity index (χ4v) is 2.87. The molecule has 6 nitrogen and oxygen atoms in total. The van der Waals surface area contributed by atoms with Crippen molar-refractivity contribution in [1.29, 1.82) is 0 Å². The molecule has 2 aliphatic heterocycles. The number of nitrogens with zero attached hydrogens (tertiary/aromatic N) is 3. The molecule has 3 rings (SSSR count). The van der Waals surface area contributed by atoms with Crippen molar-refractivity contribution < 1.29 is 9.90 Å². The lowest BCUT2D eigenvalue weighted by Gasteiger charge is -2.34. The van der Waals surface area contributed by atoms with Gasteiger partial charge in [0.1, 0.15) is 5.69 Å². The molecule has 2 atom stereocenters. The van der Waals surface area contributed by atoms with E-state index in [0.29, 0.717) is 11.7 Å². The summed E-state index contributed by atoms with van der Waals surface area (Å²) >= 11 is 0. The third-order valence-electron chi connectivity index (χ3n) is 4.12. The Bertz CT molecular complexity index is 534. The molecule has 0 spiro atoms. The van der Waals surface area contributed by atoms with Crippen LogP contribution in [0.25, 0.3) is 0 Å². The zero-order valence-corrected chi connectivity index (χ0v) is 11.8. The van der Waals surface area contributed by atoms with Crippen molar-refractivity contribution in [2.75, 3.05) is 36.5 Å². The summed E-state index contributed by atoms with van der Waals surface area (Å²) in [6.07, 6.45) is 1.13. The number of pyridine rings is 1. The Morgan fingerprint density at radius 1 is 1.60 bits per heavy atom. The SMILES string of the molecule is CC(CO)NC(=O)c1ccc2c(n1)N(C)C1CCN2C1. The first-order valence-corrected chi connectivity index (χ1v) is 7.00. The summed E-state index contributed by atoms with van der Waals surface area (Å²) in [5.41, 5.74) is 1.51. The Balaban J connectivity index is 1.88. The van der Waals surface area contributed by atoms with Crippen molar-refractivity contribution in [2.45, 2.75) is 25.4 Å². The van der Waals surface area contributed by atoms with Gasteiger partial charge in [-0.25, -0.2) is 4.98 Å². The third-order valence-corrected chi connectivity index (χ3v) is 4.12. The number of nitrogens with one attached hydrogen (secondary N) is 1. The van der Waals surface area contributed by atoms with Gasteiger partial charge in [-0.1, -0.05) is 0 Å². The van der Waals surface area contributed by atoms with E-state index in [0.717, 1.165) is 31.0 Å². The molecule has 0 saturated carbocycles. The molecule has 2 bridgehead atoms. The lowest BCUT2D eigenvalue weighted by molar-refractivity contribution is 0.0917. The van der Waals surface area contributed by atoms with Gasteiger partial charge in [0.25, 0.3) is 5.91 Å². The maximum absolute atomic E-state index is 12.1. The van der Waals surface area contributed by atoms with Gasteiger partial charge in [0.15, 0.2) is 5.82 Å². The van der Waals surface area contributed by atoms with Crippen LogP contribution in [0.2, 0.25) is 0 Å². The summed E-state index contributed by atoms with van der Waals surface area (Å²) in [6, 6.07) is 3.95. The topological polar surface area (TPSA) is 68.7 Å². The van der Waals surface area contributed by atoms with Crippen molar-refractivity contribution in [3.63, 3.8) is 0 Å². The summed E-state index contributed by atoms with van der Waals surface area (Å²) in [4.78, 5) is 21.1. The largest absolute Gasteiger partial charge is 0.394 e. The summed E-state index contributed by atoms with van der Waals surface area (Å²) < 4.78 is 0. The average molecular weight is 276 g/mol. The first kappa shape index (κ1) is 13.2. The molecule has 3 heterocycles. The second-order valence-corrected chi connectivity index (χ2v) is 5.60. The van der Waals surface area contributed by atoms with E-state index in [9.17, 15) is 4.79 Å². The number of anilines is 2. The number of carbonyl (C=O) groups is 1. The summed E-state index contributed by atoms with van der Waals surface area (Å²) in [6.45, 7) is 3.77. The van der Waals surface area contributed by atoms with Crippen LogP contribution in [0.3, 0.4) is 0 Å². The predicted octanol–water partition coefficient (Wildman–Crippen LogP) is 0.221. The average Bonchev–Trinajstić information content (AvgIpc) is 2.90. The van der Waals surface area contributed by atoms with Crippen molar-refractivity contribution in [1.82, 2.24) is 10.3 Å². The molecular weight excluding hydrogens is 256 g/mol. The maximum Gasteiger partial charge on any atom is 0.270 e. The molecule has 2 N–H and O–H groups in total. The van der Waals surface area contributed by atoms with Crippen LogP contribution in [0.5, 0.6) is 0 Å². The van der Waals surface area contributed by atoms with E-state index >= 15 is 0 Å². The van der Waals surface area contributed by atoms with Crippen LogP contribution in [-0.2, 0) is 0 Å². The van der Waals surface area contributed by atoms with Crippen molar-refractivity contribution in [3.05, 3.63) is 17.8 Å². The highest BCUT2D eigenvalue weighted by Gasteiger charge is 2.35. The van der Waals surface area contributed by atoms with Crippen LogP contribution in [0.4, 0.5) is 11.5 Å². The zero-order valence-electron chi connectivity index (χ0n) is 11.8. The minimum atomic E-state index is -0.266. The van der Waals surface area contributed by atoms with Gasteiger partial charge in [-0.2, -0.15) is 0 Å². The van der Waals surface area contributed by atoms with E-state index in [4.69, 9.17) is 5.11 Å². The summed E-state index contributed by atoms with van der Waals surface area (Å²) in [5, 5.41) is 11.7. The second kappa shape index (κ2) is 4.94. The van der Waals surface area contributed by atoms with Crippen LogP contribution >= 0.6 is 0 Å². The van der Waals surface area contributed by atoms with E-state index in [1.54, 1.807) is 13.0 Å². The van der Waals surface area contributed by atoms with E-state index in [1.165, 1.54) is 0 Å². The number of likely N-dealkylation sites (N-methyl/N-ethyl adjacent to an activating group) is 1. The number of aromatic nitrogens is 1. The lowest BCUT2D eigenvalue weighted by Crippen LogP contribution is -2.41. The highest BCUT2D eigenvalue weighted by Crippen LogP contribution is 2.37. The highest BCUT2D eigenvalue weighted by atomic mass is 16.3. The van der Waals surface area contributed by atoms with Gasteiger partial charge in [-0.3, -0.25) is 4.79 Å². The van der Waals surface area contributed by atoms with Gasteiger partial charge in [0, 0.05) is 32.2 Å². The van der Waals surface area contributed by atoms with Gasteiger partial charge in [0.2, 0.25) is 0 Å². The highest BCUT2D eigenvalue weighted by molar-refractivity contribution is 5.94. The molecule has 20 heavy (non-hydrogen) atoms. The van der Waals surface area contributed by atoms with E-state index < -0.39 is 0 Å². The Morgan fingerprint density at radius 2 is 2.40 bits per heavy atom. The molecule has 0 aliphatic carbocycles. The van der Waals surface area contributed by atoms with Crippen LogP contribution < -0.4 is 15.1 Å². The van der Waals surface area contributed by atoms with E-state index in [1.807, 2.05) is 13.1 Å². The minimum absolute atomic E-state index is 0.0769.